The third-order valence-corrected chi connectivity index (χ3v) is 3.43. The Balaban J connectivity index is 1.97. The van der Waals surface area contributed by atoms with Crippen LogP contribution in [0.3, 0.4) is 0 Å². The van der Waals surface area contributed by atoms with E-state index in [0.717, 1.165) is 12.8 Å². The molecule has 0 spiro atoms. The number of nitrogens with zero attached hydrogens (tertiary/aromatic N) is 1. The number of carbonyl (C=O) groups excluding carboxylic acids is 1. The molecule has 1 aliphatic heterocycles. The summed E-state index contributed by atoms with van der Waals surface area (Å²) in [6, 6.07) is -0.858. The van der Waals surface area contributed by atoms with Crippen molar-refractivity contribution in [3.63, 3.8) is 0 Å². The number of β-amino-alcohol motifs (C(OH)–C–C–N with tert-alkyl or cyclic N) is 1. The van der Waals surface area contributed by atoms with E-state index in [-0.39, 0.29) is 24.8 Å². The van der Waals surface area contributed by atoms with Crippen molar-refractivity contribution in [3.8, 4) is 0 Å². The van der Waals surface area contributed by atoms with Gasteiger partial charge in [-0.15, -0.1) is 0 Å². The molecule has 1 aliphatic carbocycles. The summed E-state index contributed by atoms with van der Waals surface area (Å²) in [7, 11) is 0. The van der Waals surface area contributed by atoms with Gasteiger partial charge >= 0.3 is 5.97 Å². The zero-order chi connectivity index (χ0) is 12.4. The number of rotatable bonds is 3. The van der Waals surface area contributed by atoms with E-state index in [1.807, 2.05) is 12.2 Å². The zero-order valence-corrected chi connectivity index (χ0v) is 9.58. The van der Waals surface area contributed by atoms with Gasteiger partial charge in [-0.2, -0.15) is 0 Å². The first-order chi connectivity index (χ1) is 8.08. The van der Waals surface area contributed by atoms with Gasteiger partial charge in [0, 0.05) is 19.4 Å². The lowest BCUT2D eigenvalue weighted by molar-refractivity contribution is -0.148. The van der Waals surface area contributed by atoms with Crippen LogP contribution < -0.4 is 0 Å². The van der Waals surface area contributed by atoms with E-state index in [2.05, 4.69) is 0 Å². The minimum absolute atomic E-state index is 0.140. The Morgan fingerprint density at radius 2 is 2.18 bits per heavy atom. The van der Waals surface area contributed by atoms with Crippen molar-refractivity contribution >= 4 is 11.9 Å². The molecule has 3 unspecified atom stereocenters. The molecule has 0 saturated carbocycles. The van der Waals surface area contributed by atoms with E-state index in [1.165, 1.54) is 4.90 Å². The molecule has 3 atom stereocenters. The number of carboxylic acid groups (broad SMARTS) is 1. The molecule has 94 valence electrons. The van der Waals surface area contributed by atoms with Crippen LogP contribution in [0, 0.1) is 5.92 Å². The fourth-order valence-electron chi connectivity index (χ4n) is 2.53. The molecule has 2 aliphatic rings. The molecular formula is C12H17NO4. The molecule has 17 heavy (non-hydrogen) atoms. The van der Waals surface area contributed by atoms with Crippen molar-refractivity contribution in [1.82, 2.24) is 4.90 Å². The number of allylic oxidation sites excluding steroid dienone is 2. The number of aliphatic carboxylic acids is 1. The van der Waals surface area contributed by atoms with Crippen LogP contribution in [0.25, 0.3) is 0 Å². The Morgan fingerprint density at radius 3 is 2.76 bits per heavy atom. The molecule has 2 N–H and O–H groups in total. The quantitative estimate of drug-likeness (QED) is 0.698. The topological polar surface area (TPSA) is 77.8 Å². The first kappa shape index (κ1) is 12.1. The molecule has 1 amide bonds. The summed E-state index contributed by atoms with van der Waals surface area (Å²) in [5.41, 5.74) is 0. The molecule has 1 heterocycles. The molecule has 1 fully saturated rings. The largest absolute Gasteiger partial charge is 0.480 e. The van der Waals surface area contributed by atoms with Crippen LogP contribution in [0.15, 0.2) is 12.2 Å². The summed E-state index contributed by atoms with van der Waals surface area (Å²) in [6.45, 7) is 0.145. The second-order valence-electron chi connectivity index (χ2n) is 4.76. The number of likely N-dealkylation sites (tertiary alicyclic amines) is 1. The van der Waals surface area contributed by atoms with Crippen molar-refractivity contribution in [2.75, 3.05) is 6.54 Å². The number of hydrogen-bond acceptors (Lipinski definition) is 3. The first-order valence-corrected chi connectivity index (χ1v) is 5.95. The van der Waals surface area contributed by atoms with E-state index in [4.69, 9.17) is 5.11 Å². The molecule has 5 nitrogen and oxygen atoms in total. The van der Waals surface area contributed by atoms with E-state index in [1.54, 1.807) is 0 Å². The average molecular weight is 239 g/mol. The van der Waals surface area contributed by atoms with Crippen molar-refractivity contribution < 1.29 is 19.8 Å². The molecule has 0 aromatic carbocycles. The maximum Gasteiger partial charge on any atom is 0.326 e. The second-order valence-corrected chi connectivity index (χ2v) is 4.76. The van der Waals surface area contributed by atoms with Gasteiger partial charge in [0.1, 0.15) is 6.04 Å². The van der Waals surface area contributed by atoms with Crippen LogP contribution in [-0.4, -0.2) is 45.7 Å². The van der Waals surface area contributed by atoms with Crippen molar-refractivity contribution in [1.29, 1.82) is 0 Å². The van der Waals surface area contributed by atoms with Gasteiger partial charge in [-0.1, -0.05) is 12.2 Å². The van der Waals surface area contributed by atoms with Gasteiger partial charge in [0.25, 0.3) is 0 Å². The molecule has 0 aromatic rings. The van der Waals surface area contributed by atoms with Gasteiger partial charge in [-0.05, 0) is 18.8 Å². The summed E-state index contributed by atoms with van der Waals surface area (Å²) in [4.78, 5) is 24.3. The van der Waals surface area contributed by atoms with Crippen LogP contribution in [-0.2, 0) is 9.59 Å². The highest BCUT2D eigenvalue weighted by molar-refractivity contribution is 5.84. The summed E-state index contributed by atoms with van der Waals surface area (Å²) in [6.07, 6.45) is 5.79. The minimum Gasteiger partial charge on any atom is -0.480 e. The predicted molar refractivity (Wildman–Crippen MR) is 60.2 cm³/mol. The molecule has 0 bridgehead atoms. The normalized spacial score (nSPS) is 32.1. The van der Waals surface area contributed by atoms with E-state index in [9.17, 15) is 14.7 Å². The smallest absolute Gasteiger partial charge is 0.326 e. The van der Waals surface area contributed by atoms with Gasteiger partial charge in [0.2, 0.25) is 5.91 Å². The van der Waals surface area contributed by atoms with Gasteiger partial charge in [-0.25, -0.2) is 4.79 Å². The summed E-state index contributed by atoms with van der Waals surface area (Å²) < 4.78 is 0. The highest BCUT2D eigenvalue weighted by Crippen LogP contribution is 2.25. The molecule has 0 aromatic heterocycles. The van der Waals surface area contributed by atoms with Crippen LogP contribution in [0.5, 0.6) is 0 Å². The lowest BCUT2D eigenvalue weighted by atomic mass is 10.0. The van der Waals surface area contributed by atoms with E-state index < -0.39 is 18.1 Å². The minimum atomic E-state index is -1.03. The maximum atomic E-state index is 12.0. The average Bonchev–Trinajstić information content (AvgIpc) is 2.86. The highest BCUT2D eigenvalue weighted by Gasteiger charge is 2.39. The van der Waals surface area contributed by atoms with Crippen molar-refractivity contribution in [3.05, 3.63) is 12.2 Å². The lowest BCUT2D eigenvalue weighted by Crippen LogP contribution is -2.41. The summed E-state index contributed by atoms with van der Waals surface area (Å²) in [5, 5.41) is 18.4. The van der Waals surface area contributed by atoms with Gasteiger partial charge in [-0.3, -0.25) is 4.79 Å². The Morgan fingerprint density at radius 1 is 1.41 bits per heavy atom. The monoisotopic (exact) mass is 239 g/mol. The Labute approximate surface area is 99.7 Å². The van der Waals surface area contributed by atoms with Crippen LogP contribution >= 0.6 is 0 Å². The number of carbonyl (C=O) groups is 2. The fourth-order valence-corrected chi connectivity index (χ4v) is 2.53. The number of aliphatic hydroxyl groups is 1. The van der Waals surface area contributed by atoms with Gasteiger partial charge in [0.05, 0.1) is 6.10 Å². The molecular weight excluding hydrogens is 222 g/mol. The molecule has 0 radical (unpaired) electrons. The Hall–Kier alpha value is -1.36. The molecule has 2 rings (SSSR count). The number of carboxylic acids is 1. The van der Waals surface area contributed by atoms with Gasteiger partial charge < -0.3 is 15.1 Å². The number of hydrogen-bond donors (Lipinski definition) is 2. The highest BCUT2D eigenvalue weighted by atomic mass is 16.4. The standard InChI is InChI=1S/C12H17NO4/c14-9-6-10(12(16)17)13(7-9)11(15)5-8-3-1-2-4-8/h1,3,8-10,14H,2,4-7H2,(H,16,17). The Bertz CT molecular complexity index is 352. The predicted octanol–water partition coefficient (Wildman–Crippen LogP) is 0.389. The fraction of sp³-hybridized carbons (Fsp3) is 0.667. The zero-order valence-electron chi connectivity index (χ0n) is 9.58. The maximum absolute atomic E-state index is 12.0. The second kappa shape index (κ2) is 4.87. The third-order valence-electron chi connectivity index (χ3n) is 3.43. The van der Waals surface area contributed by atoms with E-state index in [0.29, 0.717) is 6.42 Å². The SMILES string of the molecule is O=C(O)C1CC(O)CN1C(=O)CC1C=CCC1. The third kappa shape index (κ3) is 2.66. The summed E-state index contributed by atoms with van der Waals surface area (Å²) in [5.74, 6) is -0.961. The Kier molecular flexibility index (Phi) is 3.47. The number of aliphatic hydroxyl groups excluding tert-OH is 1. The first-order valence-electron chi connectivity index (χ1n) is 5.95. The van der Waals surface area contributed by atoms with Crippen LogP contribution in [0.2, 0.25) is 0 Å². The molecule has 1 saturated heterocycles. The van der Waals surface area contributed by atoms with Crippen molar-refractivity contribution in [2.45, 2.75) is 37.8 Å². The van der Waals surface area contributed by atoms with Crippen molar-refractivity contribution in [2.24, 2.45) is 5.92 Å². The molecule has 5 heteroatoms. The summed E-state index contributed by atoms with van der Waals surface area (Å²) >= 11 is 0. The number of amides is 1. The van der Waals surface area contributed by atoms with Crippen LogP contribution in [0.4, 0.5) is 0 Å². The van der Waals surface area contributed by atoms with Crippen LogP contribution in [0.1, 0.15) is 25.7 Å². The lowest BCUT2D eigenvalue weighted by Gasteiger charge is -2.22. The van der Waals surface area contributed by atoms with Gasteiger partial charge in [0.15, 0.2) is 0 Å². The van der Waals surface area contributed by atoms with E-state index >= 15 is 0 Å².